The molecule has 0 radical (unpaired) electrons. The molecule has 0 fully saturated rings. The first-order valence-corrected chi connectivity index (χ1v) is 22.0. The minimum absolute atomic E-state index is 0.000943. The molecule has 0 atom stereocenters. The van der Waals surface area contributed by atoms with E-state index in [0.717, 1.165) is 54.6 Å². The van der Waals surface area contributed by atoms with Gasteiger partial charge in [0, 0.05) is 22.3 Å². The summed E-state index contributed by atoms with van der Waals surface area (Å²) in [5.74, 6) is -0.246. The van der Waals surface area contributed by atoms with Crippen LogP contribution in [-0.2, 0) is 33.1 Å². The van der Waals surface area contributed by atoms with Crippen LogP contribution in [0.2, 0.25) is 0 Å². The number of fused-ring (bicyclic) bond motifs is 4. The molecule has 0 heterocycles. The molecule has 0 amide bonds. The monoisotopic (exact) mass is 787 g/mol. The zero-order chi connectivity index (χ0) is 39.5. The molecule has 0 aliphatic heterocycles. The van der Waals surface area contributed by atoms with Crippen molar-refractivity contribution in [1.29, 1.82) is 0 Å². The maximum Gasteiger partial charge on any atom is 0.340 e. The highest BCUT2D eigenvalue weighted by atomic mass is 32.2. The lowest BCUT2D eigenvalue weighted by Gasteiger charge is -2.28. The molecule has 284 valence electrons. The summed E-state index contributed by atoms with van der Waals surface area (Å²) in [7, 11) is -9.56. The molecule has 1 aliphatic rings. The van der Waals surface area contributed by atoms with E-state index in [1.807, 2.05) is 129 Å². The van der Waals surface area contributed by atoms with Gasteiger partial charge in [-0.15, -0.1) is 0 Å². The summed E-state index contributed by atoms with van der Waals surface area (Å²) >= 11 is 0. The number of rotatable bonds is 8. The zero-order valence-corrected chi connectivity index (χ0v) is 33.2. The van der Waals surface area contributed by atoms with E-state index in [1.165, 1.54) is 6.07 Å². The van der Waals surface area contributed by atoms with Gasteiger partial charge in [0.1, 0.15) is 20.8 Å². The number of benzene rings is 8. The predicted molar refractivity (Wildman–Crippen MR) is 228 cm³/mol. The molecule has 9 rings (SSSR count). The van der Waals surface area contributed by atoms with E-state index in [1.54, 1.807) is 0 Å². The summed E-state index contributed by atoms with van der Waals surface area (Å²) in [5, 5.41) is 5.74. The first-order chi connectivity index (χ1) is 27.5. The molecule has 0 unspecified atom stereocenters. The Morgan fingerprint density at radius 2 is 0.965 bits per heavy atom. The SMILES string of the molecule is CC(C)c1cc(S(=O)(=O)[O-])c2c(c1OS(=O)(=O)c1c(-c3cccc4ccccc34)cc(-c3cccc4ccccc34)cc1-c1cccc3ccccc13)CCCC2. The van der Waals surface area contributed by atoms with Gasteiger partial charge in [0.25, 0.3) is 0 Å². The Bertz CT molecular complexity index is 3010. The first kappa shape index (κ1) is 36.8. The van der Waals surface area contributed by atoms with Crippen LogP contribution in [0.4, 0.5) is 0 Å². The van der Waals surface area contributed by atoms with Crippen molar-refractivity contribution in [2.75, 3.05) is 0 Å². The van der Waals surface area contributed by atoms with Gasteiger partial charge in [0.2, 0.25) is 0 Å². The minimum Gasteiger partial charge on any atom is -0.744 e. The maximum atomic E-state index is 15.7. The Labute approximate surface area is 333 Å². The van der Waals surface area contributed by atoms with Crippen molar-refractivity contribution in [1.82, 2.24) is 0 Å². The minimum atomic E-state index is -4.84. The van der Waals surface area contributed by atoms with Crippen molar-refractivity contribution in [2.45, 2.75) is 55.2 Å². The Morgan fingerprint density at radius 3 is 1.46 bits per heavy atom. The molecular formula is C49H39O6S2-. The molecule has 0 bridgehead atoms. The van der Waals surface area contributed by atoms with E-state index in [0.29, 0.717) is 53.5 Å². The fourth-order valence-electron chi connectivity index (χ4n) is 8.65. The summed E-state index contributed by atoms with van der Waals surface area (Å²) in [6.07, 6.45) is 2.10. The molecule has 0 spiro atoms. The highest BCUT2D eigenvalue weighted by molar-refractivity contribution is 7.87. The summed E-state index contributed by atoms with van der Waals surface area (Å²) in [5.41, 5.74) is 5.35. The van der Waals surface area contributed by atoms with E-state index in [2.05, 4.69) is 24.3 Å². The van der Waals surface area contributed by atoms with Crippen LogP contribution in [0.25, 0.3) is 65.7 Å². The molecule has 6 nitrogen and oxygen atoms in total. The van der Waals surface area contributed by atoms with Gasteiger partial charge in [-0.2, -0.15) is 8.42 Å². The van der Waals surface area contributed by atoms with Gasteiger partial charge in [-0.05, 0) is 110 Å². The van der Waals surface area contributed by atoms with Crippen molar-refractivity contribution in [3.8, 4) is 39.1 Å². The Morgan fingerprint density at radius 1 is 0.526 bits per heavy atom. The molecule has 8 aromatic carbocycles. The molecule has 8 aromatic rings. The average molecular weight is 788 g/mol. The third-order valence-electron chi connectivity index (χ3n) is 11.3. The van der Waals surface area contributed by atoms with E-state index >= 15 is 8.42 Å². The lowest BCUT2D eigenvalue weighted by molar-refractivity contribution is 0.458. The lowest BCUT2D eigenvalue weighted by atomic mass is 9.87. The van der Waals surface area contributed by atoms with Crippen LogP contribution in [-0.4, -0.2) is 21.4 Å². The van der Waals surface area contributed by atoms with E-state index in [9.17, 15) is 13.0 Å². The van der Waals surface area contributed by atoms with Gasteiger partial charge in [0.15, 0.2) is 0 Å². The quantitative estimate of drug-likeness (QED) is 0.112. The van der Waals surface area contributed by atoms with Crippen LogP contribution in [0.1, 0.15) is 49.3 Å². The van der Waals surface area contributed by atoms with Crippen LogP contribution in [0, 0.1) is 0 Å². The molecule has 57 heavy (non-hydrogen) atoms. The standard InChI is InChI=1S/C49H40O6S2/c1-31(2)44-30-47(56(50,51)52)42-23-9-10-24-43(42)48(44)55-57(53,54)49-45(40-26-12-18-33-15-4-7-21-37(33)40)28-35(39-25-11-17-32-14-3-6-20-36(32)39)29-46(49)41-27-13-19-34-16-5-8-22-38(34)41/h3-8,11-22,25-31H,9-10,23-24H2,1-2H3,(H,50,51,52)/p-1. The van der Waals surface area contributed by atoms with Gasteiger partial charge in [-0.1, -0.05) is 141 Å². The second-order valence-corrected chi connectivity index (χ2v) is 17.9. The van der Waals surface area contributed by atoms with Gasteiger partial charge < -0.3 is 8.74 Å². The van der Waals surface area contributed by atoms with Crippen molar-refractivity contribution in [3.63, 3.8) is 0 Å². The van der Waals surface area contributed by atoms with Gasteiger partial charge in [-0.25, -0.2) is 8.42 Å². The van der Waals surface area contributed by atoms with Crippen LogP contribution in [0.3, 0.4) is 0 Å². The molecule has 0 N–H and O–H groups in total. The largest absolute Gasteiger partial charge is 0.744 e. The second-order valence-electron chi connectivity index (χ2n) is 15.1. The van der Waals surface area contributed by atoms with Gasteiger partial charge in [0.05, 0.1) is 4.90 Å². The maximum absolute atomic E-state index is 15.7. The van der Waals surface area contributed by atoms with Crippen molar-refractivity contribution in [3.05, 3.63) is 162 Å². The first-order valence-electron chi connectivity index (χ1n) is 19.2. The van der Waals surface area contributed by atoms with Crippen molar-refractivity contribution >= 4 is 52.6 Å². The highest BCUT2D eigenvalue weighted by Crippen LogP contribution is 2.47. The third-order valence-corrected chi connectivity index (χ3v) is 13.5. The Balaban J connectivity index is 1.41. The molecule has 1 aliphatic carbocycles. The molecule has 8 heteroatoms. The smallest absolute Gasteiger partial charge is 0.340 e. The molecular weight excluding hydrogens is 749 g/mol. The number of hydrogen-bond acceptors (Lipinski definition) is 6. The average Bonchev–Trinajstić information content (AvgIpc) is 3.22. The van der Waals surface area contributed by atoms with Gasteiger partial charge >= 0.3 is 10.1 Å². The van der Waals surface area contributed by atoms with Crippen molar-refractivity contribution in [2.24, 2.45) is 0 Å². The van der Waals surface area contributed by atoms with Crippen LogP contribution < -0.4 is 4.18 Å². The lowest BCUT2D eigenvalue weighted by Crippen LogP contribution is -2.19. The summed E-state index contributed by atoms with van der Waals surface area (Å²) in [4.78, 5) is -0.294. The molecule has 0 aromatic heterocycles. The van der Waals surface area contributed by atoms with Crippen LogP contribution in [0.15, 0.2) is 155 Å². The fraction of sp³-hybridized carbons (Fsp3) is 0.143. The van der Waals surface area contributed by atoms with E-state index in [4.69, 9.17) is 4.18 Å². The number of hydrogen-bond donors (Lipinski definition) is 0. The zero-order valence-electron chi connectivity index (χ0n) is 31.5. The summed E-state index contributed by atoms with van der Waals surface area (Å²) in [6, 6.07) is 47.2. The van der Waals surface area contributed by atoms with E-state index in [-0.39, 0.29) is 21.5 Å². The van der Waals surface area contributed by atoms with E-state index < -0.39 is 20.2 Å². The Kier molecular flexibility index (Phi) is 9.23. The van der Waals surface area contributed by atoms with Crippen LogP contribution >= 0.6 is 0 Å². The molecule has 0 saturated heterocycles. The second kappa shape index (κ2) is 14.3. The normalized spacial score (nSPS) is 13.3. The third kappa shape index (κ3) is 6.57. The highest BCUT2D eigenvalue weighted by Gasteiger charge is 2.33. The topological polar surface area (TPSA) is 101 Å². The summed E-state index contributed by atoms with van der Waals surface area (Å²) < 4.78 is 75.7. The predicted octanol–water partition coefficient (Wildman–Crippen LogP) is 11.8. The fourth-order valence-corrected chi connectivity index (χ4v) is 10.8. The van der Waals surface area contributed by atoms with Gasteiger partial charge in [-0.3, -0.25) is 0 Å². The van der Waals surface area contributed by atoms with Crippen LogP contribution in [0.5, 0.6) is 5.75 Å². The summed E-state index contributed by atoms with van der Waals surface area (Å²) in [6.45, 7) is 3.68. The van der Waals surface area contributed by atoms with Crippen molar-refractivity contribution < 1.29 is 25.6 Å². The molecule has 0 saturated carbocycles. The Hall–Kier alpha value is -5.80.